The molecule has 1 aliphatic heterocycles. The normalized spacial score (nSPS) is 18.4. The molecule has 3 heterocycles. The Morgan fingerprint density at radius 2 is 2.45 bits per heavy atom. The van der Waals surface area contributed by atoms with E-state index in [0.717, 1.165) is 42.4 Å². The first-order valence-corrected chi connectivity index (χ1v) is 8.37. The van der Waals surface area contributed by atoms with Crippen LogP contribution in [0.2, 0.25) is 5.02 Å². The molecule has 1 unspecified atom stereocenters. The van der Waals surface area contributed by atoms with Crippen molar-refractivity contribution in [2.24, 2.45) is 7.05 Å². The third-order valence-corrected chi connectivity index (χ3v) is 5.10. The highest BCUT2D eigenvalue weighted by Gasteiger charge is 2.20. The van der Waals surface area contributed by atoms with Crippen LogP contribution in [0.1, 0.15) is 29.3 Å². The minimum atomic E-state index is 0.391. The molecule has 1 N–H and O–H groups in total. The van der Waals surface area contributed by atoms with Crippen molar-refractivity contribution >= 4 is 29.0 Å². The van der Waals surface area contributed by atoms with Crippen LogP contribution < -0.4 is 10.1 Å². The van der Waals surface area contributed by atoms with Crippen LogP contribution in [0.15, 0.2) is 6.07 Å². The van der Waals surface area contributed by atoms with Crippen LogP contribution in [0, 0.1) is 0 Å². The first-order chi connectivity index (χ1) is 10.7. The Morgan fingerprint density at radius 1 is 1.59 bits per heavy atom. The predicted octanol–water partition coefficient (Wildman–Crippen LogP) is 3.04. The average Bonchev–Trinajstić information content (AvgIpc) is 3.09. The highest BCUT2D eigenvalue weighted by atomic mass is 35.5. The maximum absolute atomic E-state index is 6.20. The molecule has 6 nitrogen and oxygen atoms in total. The van der Waals surface area contributed by atoms with Gasteiger partial charge in [0.1, 0.15) is 10.8 Å². The number of halogens is 1. The van der Waals surface area contributed by atoms with Crippen molar-refractivity contribution in [1.82, 2.24) is 14.2 Å². The number of hydrogen-bond donors (Lipinski definition) is 1. The van der Waals surface area contributed by atoms with E-state index < -0.39 is 0 Å². The van der Waals surface area contributed by atoms with Gasteiger partial charge in [-0.15, -0.1) is 0 Å². The molecule has 1 saturated heterocycles. The number of anilines is 1. The van der Waals surface area contributed by atoms with Crippen LogP contribution in [0.25, 0.3) is 0 Å². The number of rotatable bonds is 5. The number of aromatic nitrogens is 3. The molecular formula is C14H19ClN4O2S. The molecule has 8 heteroatoms. The van der Waals surface area contributed by atoms with Gasteiger partial charge >= 0.3 is 0 Å². The van der Waals surface area contributed by atoms with Crippen molar-refractivity contribution < 1.29 is 9.47 Å². The van der Waals surface area contributed by atoms with E-state index in [9.17, 15) is 0 Å². The Kier molecular flexibility index (Phi) is 4.85. The van der Waals surface area contributed by atoms with Crippen molar-refractivity contribution in [2.75, 3.05) is 25.6 Å². The van der Waals surface area contributed by atoms with Crippen molar-refractivity contribution in [2.45, 2.75) is 25.3 Å². The summed E-state index contributed by atoms with van der Waals surface area (Å²) in [7, 11) is 3.50. The summed E-state index contributed by atoms with van der Waals surface area (Å²) >= 11 is 7.54. The van der Waals surface area contributed by atoms with Crippen molar-refractivity contribution in [3.05, 3.63) is 21.7 Å². The van der Waals surface area contributed by atoms with Crippen LogP contribution in [0.3, 0.4) is 0 Å². The number of ether oxygens (including phenoxy) is 2. The molecule has 22 heavy (non-hydrogen) atoms. The van der Waals surface area contributed by atoms with E-state index in [4.69, 9.17) is 21.1 Å². The van der Waals surface area contributed by atoms with Crippen LogP contribution in [0.4, 0.5) is 5.82 Å². The van der Waals surface area contributed by atoms with E-state index in [2.05, 4.69) is 20.9 Å². The van der Waals surface area contributed by atoms with Gasteiger partial charge in [0.2, 0.25) is 5.88 Å². The van der Waals surface area contributed by atoms with Gasteiger partial charge in [-0.05, 0) is 24.4 Å². The van der Waals surface area contributed by atoms with Crippen molar-refractivity contribution in [3.63, 3.8) is 0 Å². The molecule has 0 radical (unpaired) electrons. The summed E-state index contributed by atoms with van der Waals surface area (Å²) in [6.07, 6.45) is 2.23. The van der Waals surface area contributed by atoms with Gasteiger partial charge in [-0.25, -0.2) is 0 Å². The lowest BCUT2D eigenvalue weighted by atomic mass is 9.99. The number of aryl methyl sites for hydroxylation is 1. The molecule has 1 atom stereocenters. The lowest BCUT2D eigenvalue weighted by molar-refractivity contribution is 0.0791. The third-order valence-electron chi connectivity index (χ3n) is 3.77. The van der Waals surface area contributed by atoms with Crippen LogP contribution in [-0.4, -0.2) is 34.5 Å². The van der Waals surface area contributed by atoms with E-state index in [-0.39, 0.29) is 0 Å². The van der Waals surface area contributed by atoms with E-state index in [1.807, 2.05) is 11.7 Å². The fourth-order valence-corrected chi connectivity index (χ4v) is 3.53. The standard InChI is InChI=1S/C14H19ClN4O2S/c1-19-12(6-10(17-19)9-4-3-5-21-8-9)16-7-11-13(15)14(20-2)18-22-11/h6,9,16H,3-5,7-8H2,1-2H3. The molecule has 0 bridgehead atoms. The Labute approximate surface area is 138 Å². The minimum absolute atomic E-state index is 0.391. The molecule has 0 spiro atoms. The second-order valence-corrected chi connectivity index (χ2v) is 6.51. The van der Waals surface area contributed by atoms with Crippen LogP contribution >= 0.6 is 23.1 Å². The molecule has 120 valence electrons. The second-order valence-electron chi connectivity index (χ2n) is 5.27. The summed E-state index contributed by atoms with van der Waals surface area (Å²) < 4.78 is 16.6. The lowest BCUT2D eigenvalue weighted by Gasteiger charge is -2.19. The fraction of sp³-hybridized carbons (Fsp3) is 0.571. The zero-order chi connectivity index (χ0) is 15.5. The Morgan fingerprint density at radius 3 is 3.14 bits per heavy atom. The monoisotopic (exact) mass is 342 g/mol. The molecule has 1 aliphatic rings. The summed E-state index contributed by atoms with van der Waals surface area (Å²) in [5, 5.41) is 8.52. The smallest absolute Gasteiger partial charge is 0.244 e. The van der Waals surface area contributed by atoms with Gasteiger partial charge in [-0.3, -0.25) is 4.68 Å². The van der Waals surface area contributed by atoms with Crippen molar-refractivity contribution in [1.29, 1.82) is 0 Å². The maximum Gasteiger partial charge on any atom is 0.244 e. The molecule has 1 fully saturated rings. The lowest BCUT2D eigenvalue weighted by Crippen LogP contribution is -2.16. The largest absolute Gasteiger partial charge is 0.479 e. The topological polar surface area (TPSA) is 61.2 Å². The highest BCUT2D eigenvalue weighted by molar-refractivity contribution is 7.06. The van der Waals surface area contributed by atoms with Gasteiger partial charge in [0.15, 0.2) is 0 Å². The number of hydrogen-bond acceptors (Lipinski definition) is 6. The minimum Gasteiger partial charge on any atom is -0.479 e. The van der Waals surface area contributed by atoms with Gasteiger partial charge < -0.3 is 14.8 Å². The first kappa shape index (κ1) is 15.6. The zero-order valence-corrected chi connectivity index (χ0v) is 14.2. The Hall–Kier alpha value is -1.31. The van der Waals surface area contributed by atoms with Gasteiger partial charge in [-0.2, -0.15) is 9.47 Å². The predicted molar refractivity (Wildman–Crippen MR) is 87.0 cm³/mol. The fourth-order valence-electron chi connectivity index (χ4n) is 2.53. The molecule has 3 rings (SSSR count). The Balaban J connectivity index is 1.67. The van der Waals surface area contributed by atoms with Gasteiger partial charge in [-0.1, -0.05) is 11.6 Å². The summed E-state index contributed by atoms with van der Waals surface area (Å²) in [5.41, 5.74) is 1.08. The number of nitrogens with zero attached hydrogens (tertiary/aromatic N) is 3. The maximum atomic E-state index is 6.20. The number of methoxy groups -OCH3 is 1. The van der Waals surface area contributed by atoms with Crippen LogP contribution in [-0.2, 0) is 18.3 Å². The Bertz CT molecular complexity index is 637. The second kappa shape index (κ2) is 6.85. The van der Waals surface area contributed by atoms with Gasteiger partial charge in [0, 0.05) is 25.6 Å². The van der Waals surface area contributed by atoms with Gasteiger partial charge in [0.25, 0.3) is 0 Å². The molecule has 2 aromatic rings. The van der Waals surface area contributed by atoms with E-state index in [0.29, 0.717) is 23.4 Å². The summed E-state index contributed by atoms with van der Waals surface area (Å²) in [4.78, 5) is 0.947. The molecule has 0 aromatic carbocycles. The van der Waals surface area contributed by atoms with Gasteiger partial charge in [0.05, 0.1) is 30.8 Å². The molecule has 2 aromatic heterocycles. The van der Waals surface area contributed by atoms with Crippen LogP contribution in [0.5, 0.6) is 5.88 Å². The third kappa shape index (κ3) is 3.21. The van der Waals surface area contributed by atoms with E-state index >= 15 is 0 Å². The molecule has 0 amide bonds. The van der Waals surface area contributed by atoms with E-state index in [1.54, 1.807) is 7.11 Å². The molecular weight excluding hydrogens is 324 g/mol. The average molecular weight is 343 g/mol. The van der Waals surface area contributed by atoms with E-state index in [1.165, 1.54) is 11.5 Å². The number of nitrogens with one attached hydrogen (secondary N) is 1. The molecule has 0 saturated carbocycles. The summed E-state index contributed by atoms with van der Waals surface area (Å²) in [5.74, 6) is 1.83. The summed E-state index contributed by atoms with van der Waals surface area (Å²) in [6.45, 7) is 2.22. The SMILES string of the molecule is COc1nsc(CNc2cc(C3CCCOC3)nn2C)c1Cl. The highest BCUT2D eigenvalue weighted by Crippen LogP contribution is 2.31. The van der Waals surface area contributed by atoms with Crippen molar-refractivity contribution in [3.8, 4) is 5.88 Å². The summed E-state index contributed by atoms with van der Waals surface area (Å²) in [6, 6.07) is 2.09. The quantitative estimate of drug-likeness (QED) is 0.905. The first-order valence-electron chi connectivity index (χ1n) is 7.22. The molecule has 0 aliphatic carbocycles. The zero-order valence-electron chi connectivity index (χ0n) is 12.6.